The molecule has 2 unspecified atom stereocenters. The molecule has 2 atom stereocenters. The van der Waals surface area contributed by atoms with Gasteiger partial charge in [-0.05, 0) is 12.8 Å². The first-order chi connectivity index (χ1) is 5.60. The minimum absolute atomic E-state index is 0.344. The van der Waals surface area contributed by atoms with Crippen LogP contribution in [0.3, 0.4) is 0 Å². The van der Waals surface area contributed by atoms with E-state index in [9.17, 15) is 0 Å². The molecule has 0 aliphatic rings. The van der Waals surface area contributed by atoms with E-state index in [4.69, 9.17) is 0 Å². The second kappa shape index (κ2) is 8.09. The quantitative estimate of drug-likeness (QED) is 0.446. The van der Waals surface area contributed by atoms with Gasteiger partial charge >= 0.3 is 0 Å². The Morgan fingerprint density at radius 2 is 1.00 bits per heavy atom. The molecule has 0 aliphatic carbocycles. The molecule has 0 N–H and O–H groups in total. The minimum Gasteiger partial charge on any atom is -0.178 e. The Morgan fingerprint density at radius 3 is 1.25 bits per heavy atom. The predicted octanol–water partition coefficient (Wildman–Crippen LogP) is 2.52. The van der Waals surface area contributed by atoms with Crippen molar-refractivity contribution in [3.63, 3.8) is 0 Å². The van der Waals surface area contributed by atoms with Crippen molar-refractivity contribution in [3.05, 3.63) is 0 Å². The molecule has 0 saturated heterocycles. The molecule has 0 bridgehead atoms. The van der Waals surface area contributed by atoms with E-state index >= 15 is 0 Å². The van der Waals surface area contributed by atoms with Gasteiger partial charge in [-0.3, -0.25) is 0 Å². The molecule has 0 radical (unpaired) electrons. The van der Waals surface area contributed by atoms with Crippen LogP contribution in [0, 0.1) is 0 Å². The van der Waals surface area contributed by atoms with Gasteiger partial charge in [-0.1, -0.05) is 0 Å². The van der Waals surface area contributed by atoms with Crippen LogP contribution in [0.2, 0.25) is 0 Å². The zero-order chi connectivity index (χ0) is 9.56. The van der Waals surface area contributed by atoms with E-state index in [1.807, 2.05) is 0 Å². The molecule has 0 nitrogen and oxygen atoms in total. The van der Waals surface area contributed by atoms with Gasteiger partial charge < -0.3 is 0 Å². The van der Waals surface area contributed by atoms with Crippen molar-refractivity contribution in [3.8, 4) is 0 Å². The fourth-order valence-corrected chi connectivity index (χ4v) is 2.52. The molecule has 0 heterocycles. The number of rotatable bonds is 6. The monoisotopic (exact) mass is 260 g/mol. The standard InChI is InChI=1S/C7H16S5/c8-3-6(11)1-5(10)2-7(12)4-9/h5-12H,1-4H2. The highest BCUT2D eigenvalue weighted by Gasteiger charge is 2.12. The van der Waals surface area contributed by atoms with Gasteiger partial charge in [0.25, 0.3) is 0 Å². The smallest absolute Gasteiger partial charge is 0.0115 e. The Morgan fingerprint density at radius 1 is 0.667 bits per heavy atom. The molecular weight excluding hydrogens is 244 g/mol. The first-order valence-corrected chi connectivity index (χ1v) is 6.67. The number of hydrogen-bond acceptors (Lipinski definition) is 5. The lowest BCUT2D eigenvalue weighted by Crippen LogP contribution is -2.15. The molecule has 0 aliphatic heterocycles. The normalized spacial score (nSPS) is 18.8. The van der Waals surface area contributed by atoms with Crippen LogP contribution in [0.25, 0.3) is 0 Å². The van der Waals surface area contributed by atoms with Gasteiger partial charge in [0.2, 0.25) is 0 Å². The van der Waals surface area contributed by atoms with Gasteiger partial charge in [-0.2, -0.15) is 63.1 Å². The highest BCUT2D eigenvalue weighted by atomic mass is 32.1. The Labute approximate surface area is 103 Å². The Kier molecular flexibility index (Phi) is 9.27. The zero-order valence-corrected chi connectivity index (χ0v) is 11.3. The van der Waals surface area contributed by atoms with Gasteiger partial charge in [0.1, 0.15) is 0 Å². The fourth-order valence-electron chi connectivity index (χ4n) is 0.873. The second-order valence-electron chi connectivity index (χ2n) is 2.80. The van der Waals surface area contributed by atoms with Crippen LogP contribution in [-0.4, -0.2) is 27.3 Å². The van der Waals surface area contributed by atoms with Crippen LogP contribution in [-0.2, 0) is 0 Å². The van der Waals surface area contributed by atoms with E-state index < -0.39 is 0 Å². The van der Waals surface area contributed by atoms with E-state index in [2.05, 4.69) is 63.1 Å². The summed E-state index contributed by atoms with van der Waals surface area (Å²) in [5, 5.41) is 1.06. The first kappa shape index (κ1) is 13.8. The minimum atomic E-state index is 0.344. The zero-order valence-electron chi connectivity index (χ0n) is 6.80. The Hall–Kier alpha value is 1.75. The number of hydrogen-bond donors (Lipinski definition) is 5. The van der Waals surface area contributed by atoms with Crippen molar-refractivity contribution in [2.24, 2.45) is 0 Å². The molecular formula is C7H16S5. The molecule has 0 aromatic heterocycles. The van der Waals surface area contributed by atoms with Crippen LogP contribution >= 0.6 is 63.1 Å². The highest BCUT2D eigenvalue weighted by Crippen LogP contribution is 2.18. The maximum atomic E-state index is 4.45. The molecule has 0 fully saturated rings. The third-order valence-corrected chi connectivity index (χ3v) is 4.18. The summed E-state index contributed by atoms with van der Waals surface area (Å²) in [4.78, 5) is 0. The largest absolute Gasteiger partial charge is 0.178 e. The van der Waals surface area contributed by atoms with Crippen molar-refractivity contribution >= 4 is 63.1 Å². The maximum absolute atomic E-state index is 4.45. The van der Waals surface area contributed by atoms with Gasteiger partial charge in [0, 0.05) is 27.3 Å². The average molecular weight is 261 g/mol. The van der Waals surface area contributed by atoms with E-state index in [0.717, 1.165) is 24.3 Å². The van der Waals surface area contributed by atoms with Gasteiger partial charge in [-0.25, -0.2) is 0 Å². The number of thiol groups is 5. The lowest BCUT2D eigenvalue weighted by molar-refractivity contribution is 0.705. The summed E-state index contributed by atoms with van der Waals surface area (Å²) in [5.41, 5.74) is 0. The molecule has 0 aromatic rings. The van der Waals surface area contributed by atoms with Gasteiger partial charge in [0.05, 0.1) is 0 Å². The van der Waals surface area contributed by atoms with Crippen molar-refractivity contribution in [1.82, 2.24) is 0 Å². The Balaban J connectivity index is 3.51. The van der Waals surface area contributed by atoms with Crippen LogP contribution < -0.4 is 0 Å². The van der Waals surface area contributed by atoms with Crippen molar-refractivity contribution in [1.29, 1.82) is 0 Å². The first-order valence-electron chi connectivity index (χ1n) is 3.86. The molecule has 0 spiro atoms. The third-order valence-electron chi connectivity index (χ3n) is 1.51. The highest BCUT2D eigenvalue weighted by molar-refractivity contribution is 7.85. The fraction of sp³-hybridized carbons (Fsp3) is 1.00. The average Bonchev–Trinajstić information content (AvgIpc) is 2.03. The summed E-state index contributed by atoms with van der Waals surface area (Å²) in [7, 11) is 0. The summed E-state index contributed by atoms with van der Waals surface area (Å²) in [6.07, 6.45) is 1.97. The topological polar surface area (TPSA) is 0 Å². The molecule has 12 heavy (non-hydrogen) atoms. The van der Waals surface area contributed by atoms with Crippen LogP contribution in [0.15, 0.2) is 0 Å². The molecule has 0 rings (SSSR count). The van der Waals surface area contributed by atoms with Crippen molar-refractivity contribution in [2.75, 3.05) is 11.5 Å². The van der Waals surface area contributed by atoms with Crippen LogP contribution in [0.1, 0.15) is 12.8 Å². The lowest BCUT2D eigenvalue weighted by Gasteiger charge is -2.16. The van der Waals surface area contributed by atoms with E-state index in [0.29, 0.717) is 15.7 Å². The van der Waals surface area contributed by atoms with E-state index in [-0.39, 0.29) is 0 Å². The molecule has 74 valence electrons. The van der Waals surface area contributed by atoms with Crippen LogP contribution in [0.4, 0.5) is 0 Å². The van der Waals surface area contributed by atoms with Crippen molar-refractivity contribution < 1.29 is 0 Å². The summed E-state index contributed by atoms with van der Waals surface area (Å²) in [5.74, 6) is 1.61. The second-order valence-corrected chi connectivity index (χ2v) is 5.72. The SMILES string of the molecule is SCC(S)CC(S)CC(S)CS. The molecule has 0 amide bonds. The molecule has 5 heteroatoms. The molecule has 0 aromatic carbocycles. The predicted molar refractivity (Wildman–Crippen MR) is 75.3 cm³/mol. The van der Waals surface area contributed by atoms with E-state index in [1.165, 1.54) is 0 Å². The van der Waals surface area contributed by atoms with Crippen LogP contribution in [0.5, 0.6) is 0 Å². The maximum Gasteiger partial charge on any atom is 0.0115 e. The van der Waals surface area contributed by atoms with Crippen molar-refractivity contribution in [2.45, 2.75) is 28.6 Å². The Bertz CT molecular complexity index is 96.0. The summed E-state index contributed by atoms with van der Waals surface area (Å²) in [6, 6.07) is 0. The lowest BCUT2D eigenvalue weighted by atomic mass is 10.1. The summed E-state index contributed by atoms with van der Waals surface area (Å²) < 4.78 is 0. The summed E-state index contributed by atoms with van der Waals surface area (Å²) >= 11 is 21.5. The van der Waals surface area contributed by atoms with E-state index in [1.54, 1.807) is 0 Å². The third kappa shape index (κ3) is 7.18. The van der Waals surface area contributed by atoms with Gasteiger partial charge in [0.15, 0.2) is 0 Å². The summed E-state index contributed by atoms with van der Waals surface area (Å²) in [6.45, 7) is 0. The molecule has 0 saturated carbocycles. The van der Waals surface area contributed by atoms with Gasteiger partial charge in [-0.15, -0.1) is 0 Å².